The molecule has 0 spiro atoms. The molecule has 0 saturated heterocycles. The number of carbonyl (C=O) groups excluding carboxylic acids is 1. The van der Waals surface area contributed by atoms with Crippen molar-refractivity contribution in [1.82, 2.24) is 9.88 Å². The van der Waals surface area contributed by atoms with Gasteiger partial charge in [0.05, 0.1) is 0 Å². The Morgan fingerprint density at radius 1 is 1.41 bits per heavy atom. The van der Waals surface area contributed by atoms with Crippen LogP contribution in [0.1, 0.15) is 42.5 Å². The summed E-state index contributed by atoms with van der Waals surface area (Å²) in [7, 11) is 1.88. The maximum absolute atomic E-state index is 12.2. The van der Waals surface area contributed by atoms with Gasteiger partial charge in [-0.25, -0.2) is 4.98 Å². The minimum atomic E-state index is 0.0472. The zero-order chi connectivity index (χ0) is 12.3. The molecule has 0 aromatic carbocycles. The van der Waals surface area contributed by atoms with Crippen LogP contribution in [0.5, 0.6) is 0 Å². The number of carbonyl (C=O) groups is 1. The predicted molar refractivity (Wildman–Crippen MR) is 67.6 cm³/mol. The van der Waals surface area contributed by atoms with Crippen molar-refractivity contribution in [2.24, 2.45) is 0 Å². The Morgan fingerprint density at radius 2 is 2.12 bits per heavy atom. The summed E-state index contributed by atoms with van der Waals surface area (Å²) in [4.78, 5) is 18.0. The molecule has 0 aliphatic heterocycles. The standard InChI is InChI=1S/C13H19N3O/c1-16(11-5-3-2-4-6-11)13(17)10-7-8-15-12(14)9-10/h7-9,11H,2-6H2,1H3,(H2,14,15). The summed E-state index contributed by atoms with van der Waals surface area (Å²) in [6, 6.07) is 3.74. The van der Waals surface area contributed by atoms with Crippen LogP contribution >= 0.6 is 0 Å². The number of hydrogen-bond donors (Lipinski definition) is 1. The average molecular weight is 233 g/mol. The molecule has 0 radical (unpaired) electrons. The Labute approximate surface area is 102 Å². The first-order valence-electron chi connectivity index (χ1n) is 6.17. The topological polar surface area (TPSA) is 59.2 Å². The molecule has 1 aromatic rings. The van der Waals surface area contributed by atoms with Crippen LogP contribution in [-0.4, -0.2) is 28.9 Å². The first-order valence-corrected chi connectivity index (χ1v) is 6.17. The molecule has 1 amide bonds. The van der Waals surface area contributed by atoms with Crippen LogP contribution < -0.4 is 5.73 Å². The van der Waals surface area contributed by atoms with Crippen LogP contribution in [-0.2, 0) is 0 Å². The van der Waals surface area contributed by atoms with E-state index in [1.54, 1.807) is 18.3 Å². The number of rotatable bonds is 2. The second-order valence-corrected chi connectivity index (χ2v) is 4.68. The Bertz CT molecular complexity index is 399. The van der Waals surface area contributed by atoms with Crippen LogP contribution in [0.4, 0.5) is 5.82 Å². The molecule has 2 N–H and O–H groups in total. The summed E-state index contributed by atoms with van der Waals surface area (Å²) in [5.41, 5.74) is 6.22. The molecule has 17 heavy (non-hydrogen) atoms. The van der Waals surface area contributed by atoms with Crippen molar-refractivity contribution in [2.45, 2.75) is 38.1 Å². The quantitative estimate of drug-likeness (QED) is 0.850. The third kappa shape index (κ3) is 2.75. The first-order chi connectivity index (χ1) is 8.18. The number of anilines is 1. The smallest absolute Gasteiger partial charge is 0.254 e. The van der Waals surface area contributed by atoms with Gasteiger partial charge in [-0.1, -0.05) is 19.3 Å². The van der Waals surface area contributed by atoms with E-state index in [1.807, 2.05) is 11.9 Å². The highest BCUT2D eigenvalue weighted by Gasteiger charge is 2.22. The van der Waals surface area contributed by atoms with E-state index in [0.717, 1.165) is 12.8 Å². The van der Waals surface area contributed by atoms with E-state index in [4.69, 9.17) is 5.73 Å². The third-order valence-corrected chi connectivity index (χ3v) is 3.47. The van der Waals surface area contributed by atoms with E-state index in [9.17, 15) is 4.79 Å². The van der Waals surface area contributed by atoms with Gasteiger partial charge >= 0.3 is 0 Å². The molecular weight excluding hydrogens is 214 g/mol. The van der Waals surface area contributed by atoms with Crippen molar-refractivity contribution in [1.29, 1.82) is 0 Å². The van der Waals surface area contributed by atoms with Crippen LogP contribution in [0.25, 0.3) is 0 Å². The van der Waals surface area contributed by atoms with Crippen LogP contribution in [0.3, 0.4) is 0 Å². The number of nitrogen functional groups attached to an aromatic ring is 1. The van der Waals surface area contributed by atoms with Crippen molar-refractivity contribution in [3.05, 3.63) is 23.9 Å². The van der Waals surface area contributed by atoms with E-state index in [2.05, 4.69) is 4.98 Å². The fourth-order valence-electron chi connectivity index (χ4n) is 2.42. The minimum Gasteiger partial charge on any atom is -0.384 e. The number of amides is 1. The van der Waals surface area contributed by atoms with Gasteiger partial charge in [-0.2, -0.15) is 0 Å². The van der Waals surface area contributed by atoms with Crippen LogP contribution in [0.15, 0.2) is 18.3 Å². The number of pyridine rings is 1. The molecule has 92 valence electrons. The van der Waals surface area contributed by atoms with Gasteiger partial charge in [0.1, 0.15) is 5.82 Å². The lowest BCUT2D eigenvalue weighted by Crippen LogP contribution is -2.38. The van der Waals surface area contributed by atoms with Crippen molar-refractivity contribution in [3.8, 4) is 0 Å². The lowest BCUT2D eigenvalue weighted by molar-refractivity contribution is 0.0696. The summed E-state index contributed by atoms with van der Waals surface area (Å²) < 4.78 is 0. The third-order valence-electron chi connectivity index (χ3n) is 3.47. The van der Waals surface area contributed by atoms with Gasteiger partial charge in [0.2, 0.25) is 0 Å². The first kappa shape index (κ1) is 11.9. The molecule has 2 rings (SSSR count). The summed E-state index contributed by atoms with van der Waals surface area (Å²) in [6.07, 6.45) is 7.55. The van der Waals surface area contributed by atoms with Crippen molar-refractivity contribution in [2.75, 3.05) is 12.8 Å². The van der Waals surface area contributed by atoms with Crippen LogP contribution in [0, 0.1) is 0 Å². The predicted octanol–water partition coefficient (Wildman–Crippen LogP) is 2.07. The summed E-state index contributed by atoms with van der Waals surface area (Å²) in [6.45, 7) is 0. The summed E-state index contributed by atoms with van der Waals surface area (Å²) >= 11 is 0. The minimum absolute atomic E-state index is 0.0472. The molecule has 1 aromatic heterocycles. The zero-order valence-electron chi connectivity index (χ0n) is 10.2. The van der Waals surface area contributed by atoms with E-state index >= 15 is 0 Å². The maximum atomic E-state index is 12.2. The molecule has 0 bridgehead atoms. The average Bonchev–Trinajstić information content (AvgIpc) is 2.38. The Balaban J connectivity index is 2.08. The fourth-order valence-corrected chi connectivity index (χ4v) is 2.42. The number of nitrogens with zero attached hydrogens (tertiary/aromatic N) is 2. The van der Waals surface area contributed by atoms with E-state index in [-0.39, 0.29) is 5.91 Å². The number of aromatic nitrogens is 1. The second kappa shape index (κ2) is 5.17. The molecule has 1 aliphatic rings. The van der Waals surface area contributed by atoms with Gasteiger partial charge in [-0.05, 0) is 25.0 Å². The van der Waals surface area contributed by atoms with Gasteiger partial charge in [0.25, 0.3) is 5.91 Å². The SMILES string of the molecule is CN(C(=O)c1ccnc(N)c1)C1CCCCC1. The molecule has 0 atom stereocenters. The van der Waals surface area contributed by atoms with Crippen molar-refractivity contribution < 1.29 is 4.79 Å². The maximum Gasteiger partial charge on any atom is 0.254 e. The normalized spacial score (nSPS) is 16.8. The highest BCUT2D eigenvalue weighted by atomic mass is 16.2. The second-order valence-electron chi connectivity index (χ2n) is 4.68. The molecule has 4 nitrogen and oxygen atoms in total. The summed E-state index contributed by atoms with van der Waals surface area (Å²) in [5.74, 6) is 0.443. The fraction of sp³-hybridized carbons (Fsp3) is 0.538. The van der Waals surface area contributed by atoms with Crippen molar-refractivity contribution in [3.63, 3.8) is 0 Å². The van der Waals surface area contributed by atoms with Gasteiger partial charge in [-0.15, -0.1) is 0 Å². The van der Waals surface area contributed by atoms with Gasteiger partial charge < -0.3 is 10.6 Å². The highest BCUT2D eigenvalue weighted by Crippen LogP contribution is 2.22. The lowest BCUT2D eigenvalue weighted by Gasteiger charge is -2.31. The number of hydrogen-bond acceptors (Lipinski definition) is 3. The summed E-state index contributed by atoms with van der Waals surface area (Å²) in [5, 5.41) is 0. The molecule has 4 heteroatoms. The molecular formula is C13H19N3O. The zero-order valence-corrected chi connectivity index (χ0v) is 10.2. The Kier molecular flexibility index (Phi) is 3.61. The Hall–Kier alpha value is -1.58. The molecule has 1 fully saturated rings. The molecule has 0 unspecified atom stereocenters. The van der Waals surface area contributed by atoms with Gasteiger partial charge in [0.15, 0.2) is 0 Å². The van der Waals surface area contributed by atoms with E-state index in [1.165, 1.54) is 19.3 Å². The van der Waals surface area contributed by atoms with Crippen LogP contribution in [0.2, 0.25) is 0 Å². The Morgan fingerprint density at radius 3 is 2.76 bits per heavy atom. The monoisotopic (exact) mass is 233 g/mol. The van der Waals surface area contributed by atoms with Crippen molar-refractivity contribution >= 4 is 11.7 Å². The van der Waals surface area contributed by atoms with Gasteiger partial charge in [0, 0.05) is 24.8 Å². The molecule has 1 aliphatic carbocycles. The van der Waals surface area contributed by atoms with E-state index in [0.29, 0.717) is 17.4 Å². The lowest BCUT2D eigenvalue weighted by atomic mass is 9.94. The van der Waals surface area contributed by atoms with Gasteiger partial charge in [-0.3, -0.25) is 4.79 Å². The molecule has 1 heterocycles. The van der Waals surface area contributed by atoms with E-state index < -0.39 is 0 Å². The largest absolute Gasteiger partial charge is 0.384 e. The number of nitrogens with two attached hydrogens (primary N) is 1. The highest BCUT2D eigenvalue weighted by molar-refractivity contribution is 5.94. The molecule has 1 saturated carbocycles.